The van der Waals surface area contributed by atoms with Gasteiger partial charge in [0, 0.05) is 17.2 Å². The third-order valence-electron chi connectivity index (χ3n) is 4.79. The molecule has 0 spiro atoms. The molecular weight excluding hydrogens is 421 g/mol. The standard InChI is InChI=1S/C24H17Cl2NO3/c1-13-10-14(2)23-17(11-13)20(28)12-21(30-23)15-6-8-16(9-7-15)24(29)27-19-5-3-4-18(25)22(19)26/h3-12H,1-2H3,(H,27,29). The van der Waals surface area contributed by atoms with Crippen molar-refractivity contribution in [3.8, 4) is 11.3 Å². The van der Waals surface area contributed by atoms with Crippen LogP contribution in [0.15, 0.2) is 69.9 Å². The van der Waals surface area contributed by atoms with Crippen molar-refractivity contribution < 1.29 is 9.21 Å². The van der Waals surface area contributed by atoms with Gasteiger partial charge in [-0.3, -0.25) is 9.59 Å². The van der Waals surface area contributed by atoms with Gasteiger partial charge < -0.3 is 9.73 Å². The molecule has 0 radical (unpaired) electrons. The maximum Gasteiger partial charge on any atom is 0.255 e. The first-order valence-corrected chi connectivity index (χ1v) is 10.00. The van der Waals surface area contributed by atoms with Gasteiger partial charge in [0.25, 0.3) is 5.91 Å². The molecule has 3 aromatic carbocycles. The Morgan fingerprint density at radius 2 is 1.70 bits per heavy atom. The second-order valence-electron chi connectivity index (χ2n) is 7.07. The summed E-state index contributed by atoms with van der Waals surface area (Å²) in [4.78, 5) is 25.1. The fraction of sp³-hybridized carbons (Fsp3) is 0.0833. The van der Waals surface area contributed by atoms with Gasteiger partial charge in [0.15, 0.2) is 5.43 Å². The van der Waals surface area contributed by atoms with Gasteiger partial charge in [-0.2, -0.15) is 0 Å². The van der Waals surface area contributed by atoms with Crippen LogP contribution in [0.1, 0.15) is 21.5 Å². The van der Waals surface area contributed by atoms with Crippen molar-refractivity contribution in [2.75, 3.05) is 5.32 Å². The lowest BCUT2D eigenvalue weighted by molar-refractivity contribution is 0.102. The molecule has 6 heteroatoms. The molecule has 0 fully saturated rings. The summed E-state index contributed by atoms with van der Waals surface area (Å²) in [7, 11) is 0. The predicted octanol–water partition coefficient (Wildman–Crippen LogP) is 6.64. The van der Waals surface area contributed by atoms with E-state index in [1.165, 1.54) is 6.07 Å². The normalized spacial score (nSPS) is 10.9. The van der Waals surface area contributed by atoms with Crippen molar-refractivity contribution in [1.82, 2.24) is 0 Å². The Bertz CT molecular complexity index is 1340. The lowest BCUT2D eigenvalue weighted by Gasteiger charge is -2.09. The van der Waals surface area contributed by atoms with Crippen molar-refractivity contribution in [2.45, 2.75) is 13.8 Å². The summed E-state index contributed by atoms with van der Waals surface area (Å²) in [5.41, 5.74) is 3.95. The van der Waals surface area contributed by atoms with Crippen molar-refractivity contribution in [2.24, 2.45) is 0 Å². The monoisotopic (exact) mass is 437 g/mol. The molecule has 0 saturated heterocycles. The first kappa shape index (κ1) is 20.2. The number of halogens is 2. The lowest BCUT2D eigenvalue weighted by Crippen LogP contribution is -2.12. The summed E-state index contributed by atoms with van der Waals surface area (Å²) in [6.07, 6.45) is 0. The molecule has 4 nitrogen and oxygen atoms in total. The molecule has 1 heterocycles. The molecule has 0 bridgehead atoms. The van der Waals surface area contributed by atoms with Gasteiger partial charge in [0.1, 0.15) is 11.3 Å². The second-order valence-corrected chi connectivity index (χ2v) is 7.85. The number of fused-ring (bicyclic) bond motifs is 1. The van der Waals surface area contributed by atoms with E-state index >= 15 is 0 Å². The molecule has 150 valence electrons. The smallest absolute Gasteiger partial charge is 0.255 e. The largest absolute Gasteiger partial charge is 0.456 e. The first-order valence-electron chi connectivity index (χ1n) is 9.24. The number of carbonyl (C=O) groups excluding carboxylic acids is 1. The number of benzene rings is 3. The zero-order valence-electron chi connectivity index (χ0n) is 16.3. The van der Waals surface area contributed by atoms with Crippen molar-refractivity contribution >= 4 is 45.8 Å². The van der Waals surface area contributed by atoms with Gasteiger partial charge >= 0.3 is 0 Å². The molecule has 0 aliphatic rings. The number of carbonyl (C=O) groups is 1. The maximum absolute atomic E-state index is 12.6. The zero-order chi connectivity index (χ0) is 21.4. The van der Waals surface area contributed by atoms with Crippen molar-refractivity contribution in [3.63, 3.8) is 0 Å². The van der Waals surface area contributed by atoms with Gasteiger partial charge in [-0.15, -0.1) is 0 Å². The van der Waals surface area contributed by atoms with Crippen molar-refractivity contribution in [1.29, 1.82) is 0 Å². The highest BCUT2D eigenvalue weighted by atomic mass is 35.5. The second kappa shape index (κ2) is 7.98. The first-order chi connectivity index (χ1) is 14.3. The van der Waals surface area contributed by atoms with Crippen LogP contribution < -0.4 is 10.7 Å². The lowest BCUT2D eigenvalue weighted by atomic mass is 10.1. The van der Waals surface area contributed by atoms with Crippen LogP contribution in [0.3, 0.4) is 0 Å². The van der Waals surface area contributed by atoms with E-state index in [1.807, 2.05) is 26.0 Å². The minimum absolute atomic E-state index is 0.101. The van der Waals surface area contributed by atoms with Crippen LogP contribution in [0.2, 0.25) is 10.0 Å². The Balaban J connectivity index is 1.64. The van der Waals surface area contributed by atoms with Gasteiger partial charge in [-0.25, -0.2) is 0 Å². The Labute approximate surface area is 183 Å². The quantitative estimate of drug-likeness (QED) is 0.390. The van der Waals surface area contributed by atoms with E-state index in [-0.39, 0.29) is 16.4 Å². The number of anilines is 1. The molecule has 1 N–H and O–H groups in total. The minimum atomic E-state index is -0.322. The molecule has 4 rings (SSSR count). The maximum atomic E-state index is 12.6. The zero-order valence-corrected chi connectivity index (χ0v) is 17.8. The van der Waals surface area contributed by atoms with Crippen LogP contribution >= 0.6 is 23.2 Å². The van der Waals surface area contributed by atoms with Crippen LogP contribution in [0.4, 0.5) is 5.69 Å². The van der Waals surface area contributed by atoms with E-state index in [4.69, 9.17) is 27.6 Å². The molecule has 0 aliphatic heterocycles. The molecule has 30 heavy (non-hydrogen) atoms. The summed E-state index contributed by atoms with van der Waals surface area (Å²) in [5.74, 6) is 0.126. The van der Waals surface area contributed by atoms with Gasteiger partial charge in [-0.1, -0.05) is 47.5 Å². The highest BCUT2D eigenvalue weighted by molar-refractivity contribution is 6.44. The molecule has 0 atom stereocenters. The van der Waals surface area contributed by atoms with Crippen molar-refractivity contribution in [3.05, 3.63) is 97.6 Å². The van der Waals surface area contributed by atoms with Crippen LogP contribution in [-0.2, 0) is 0 Å². The molecule has 1 aromatic heterocycles. The number of amides is 1. The third kappa shape index (κ3) is 3.84. The molecular formula is C24H17Cl2NO3. The topological polar surface area (TPSA) is 59.3 Å². The highest BCUT2D eigenvalue weighted by Crippen LogP contribution is 2.30. The summed E-state index contributed by atoms with van der Waals surface area (Å²) in [5, 5.41) is 3.95. The van der Waals surface area contributed by atoms with Gasteiger partial charge in [0.2, 0.25) is 0 Å². The number of hydrogen-bond acceptors (Lipinski definition) is 3. The number of aryl methyl sites for hydroxylation is 2. The minimum Gasteiger partial charge on any atom is -0.456 e. The van der Waals surface area contributed by atoms with Gasteiger partial charge in [0.05, 0.1) is 21.1 Å². The Morgan fingerprint density at radius 3 is 2.43 bits per heavy atom. The van der Waals surface area contributed by atoms with E-state index in [0.29, 0.717) is 38.6 Å². The highest BCUT2D eigenvalue weighted by Gasteiger charge is 2.13. The Kier molecular flexibility index (Phi) is 5.37. The number of rotatable bonds is 3. The number of hydrogen-bond donors (Lipinski definition) is 1. The summed E-state index contributed by atoms with van der Waals surface area (Å²) in [6, 6.07) is 17.1. The average Bonchev–Trinajstić information content (AvgIpc) is 2.72. The van der Waals surface area contributed by atoms with E-state index in [1.54, 1.807) is 42.5 Å². The molecule has 0 aliphatic carbocycles. The van der Waals surface area contributed by atoms with Crippen LogP contribution in [0.5, 0.6) is 0 Å². The van der Waals surface area contributed by atoms with E-state index in [9.17, 15) is 9.59 Å². The van der Waals surface area contributed by atoms with Crippen LogP contribution in [0.25, 0.3) is 22.3 Å². The Hall–Kier alpha value is -3.08. The molecule has 1 amide bonds. The van der Waals surface area contributed by atoms with E-state index < -0.39 is 0 Å². The predicted molar refractivity (Wildman–Crippen MR) is 122 cm³/mol. The fourth-order valence-electron chi connectivity index (χ4n) is 3.33. The number of nitrogens with one attached hydrogen (secondary N) is 1. The summed E-state index contributed by atoms with van der Waals surface area (Å²) in [6.45, 7) is 3.86. The Morgan fingerprint density at radius 1 is 0.967 bits per heavy atom. The summed E-state index contributed by atoms with van der Waals surface area (Å²) >= 11 is 12.1. The van der Waals surface area contributed by atoms with E-state index in [0.717, 1.165) is 11.1 Å². The molecule has 0 unspecified atom stereocenters. The van der Waals surface area contributed by atoms with Gasteiger partial charge in [-0.05, 0) is 55.3 Å². The summed E-state index contributed by atoms with van der Waals surface area (Å²) < 4.78 is 6.01. The van der Waals surface area contributed by atoms with E-state index in [2.05, 4.69) is 5.32 Å². The van der Waals surface area contributed by atoms with Crippen LogP contribution in [-0.4, -0.2) is 5.91 Å². The third-order valence-corrected chi connectivity index (χ3v) is 5.61. The SMILES string of the molecule is Cc1cc(C)c2oc(-c3ccc(C(=O)Nc4cccc(Cl)c4Cl)cc3)cc(=O)c2c1. The average molecular weight is 438 g/mol. The fourth-order valence-corrected chi connectivity index (χ4v) is 3.68. The molecule has 4 aromatic rings. The molecule has 0 saturated carbocycles. The van der Waals surface area contributed by atoms with Crippen LogP contribution in [0, 0.1) is 13.8 Å².